The van der Waals surface area contributed by atoms with Crippen molar-refractivity contribution in [1.82, 2.24) is 0 Å². The molecule has 0 heterocycles. The first-order valence-electron chi connectivity index (χ1n) is 30.2. The van der Waals surface area contributed by atoms with Gasteiger partial charge in [0.25, 0.3) is 0 Å². The normalized spacial score (nSPS) is 11.7. The SMILES string of the molecule is C=C(C)c1ccc(C)cc1.CC.CC.CC.Cc1ccc2c(c1)C(c1ccccc1)(c1ccccc1)C1=C2C=CCC1.Cc1ccccc1.Cc1ccccc1.Cc1ccccc1-c1cccc(-c2ccc(-c3ccccc3C)c(C)c2)c1. The molecule has 83 heavy (non-hydrogen) atoms. The summed E-state index contributed by atoms with van der Waals surface area (Å²) in [4.78, 5) is 0. The lowest BCUT2D eigenvalue weighted by Crippen LogP contribution is -2.30. The van der Waals surface area contributed by atoms with E-state index in [0.717, 1.165) is 18.4 Å². The van der Waals surface area contributed by atoms with Crippen LogP contribution < -0.4 is 0 Å². The first-order valence-corrected chi connectivity index (χ1v) is 30.2. The number of allylic oxidation sites excluding steroid dienone is 5. The summed E-state index contributed by atoms with van der Waals surface area (Å²) in [5.74, 6) is 0. The highest BCUT2D eigenvalue weighted by atomic mass is 14.5. The van der Waals surface area contributed by atoms with E-state index in [1.807, 2.05) is 84.9 Å². The van der Waals surface area contributed by atoms with E-state index in [1.54, 1.807) is 5.57 Å². The zero-order valence-corrected chi connectivity index (χ0v) is 52.5. The topological polar surface area (TPSA) is 0 Å². The predicted molar refractivity (Wildman–Crippen MR) is 368 cm³/mol. The summed E-state index contributed by atoms with van der Waals surface area (Å²) in [6.45, 7) is 32.9. The molecule has 0 saturated heterocycles. The van der Waals surface area contributed by atoms with Gasteiger partial charge in [0.1, 0.15) is 0 Å². The van der Waals surface area contributed by atoms with Crippen LogP contribution in [0.5, 0.6) is 0 Å². The Bertz CT molecular complexity index is 3500. The molecule has 424 valence electrons. The maximum absolute atomic E-state index is 3.86. The van der Waals surface area contributed by atoms with Crippen molar-refractivity contribution in [3.63, 3.8) is 0 Å². The number of aryl methyl sites for hydroxylation is 7. The van der Waals surface area contributed by atoms with Gasteiger partial charge in [-0.3, -0.25) is 0 Å². The fourth-order valence-electron chi connectivity index (χ4n) is 10.6. The van der Waals surface area contributed by atoms with Gasteiger partial charge < -0.3 is 0 Å². The van der Waals surface area contributed by atoms with Crippen molar-refractivity contribution in [2.24, 2.45) is 0 Å². The molecule has 0 N–H and O–H groups in total. The standard InChI is InChI=1S/C27H24.C26H22.C10H12.2C7H8.3C2H6/c1-19-9-4-6-13-25(19)24-12-8-11-22(18-24)23-15-16-27(21(3)17-23)26-14-7-5-10-20(26)2;1-19-16-17-23-22-14-8-9-15-24(22)26(25(23)18-19,20-10-4-2-5-11-20)21-12-6-3-7-13-21;1-8(2)10-6-4-9(3)5-7-10;2*1-7-5-3-2-4-6-7;3*1-2/h4-18H,1-3H3;2-8,10-14,16-18H,9,15H2,1H3;4-7H,1H2,2-3H3;2*2-6H,1H3;3*1-2H3. The molecule has 10 aromatic rings. The predicted octanol–water partition coefficient (Wildman–Crippen LogP) is 24.2. The van der Waals surface area contributed by atoms with E-state index < -0.39 is 0 Å². The molecule has 0 bridgehead atoms. The van der Waals surface area contributed by atoms with Gasteiger partial charge in [-0.1, -0.05) is 337 Å². The van der Waals surface area contributed by atoms with E-state index in [4.69, 9.17) is 0 Å². The van der Waals surface area contributed by atoms with Crippen molar-refractivity contribution in [2.45, 2.75) is 115 Å². The van der Waals surface area contributed by atoms with Crippen LogP contribution >= 0.6 is 0 Å². The zero-order chi connectivity index (χ0) is 60.2. The molecule has 10 aromatic carbocycles. The van der Waals surface area contributed by atoms with Crippen LogP contribution in [0.1, 0.15) is 128 Å². The molecule has 0 heteroatoms. The Morgan fingerprint density at radius 1 is 0.349 bits per heavy atom. The lowest BCUT2D eigenvalue weighted by molar-refractivity contribution is 0.696. The molecule has 0 spiro atoms. The Hall–Kier alpha value is -8.58. The largest absolute Gasteiger partial charge is 0.0955 e. The lowest BCUT2D eigenvalue weighted by atomic mass is 9.65. The van der Waals surface area contributed by atoms with Gasteiger partial charge >= 0.3 is 0 Å². The van der Waals surface area contributed by atoms with Crippen LogP contribution in [-0.2, 0) is 5.41 Å². The highest BCUT2D eigenvalue weighted by Crippen LogP contribution is 2.57. The summed E-state index contributed by atoms with van der Waals surface area (Å²) >= 11 is 0. The average molecular weight is 1090 g/mol. The van der Waals surface area contributed by atoms with Crippen LogP contribution in [0.2, 0.25) is 0 Å². The first-order chi connectivity index (χ1) is 40.4. The Morgan fingerprint density at radius 2 is 0.771 bits per heavy atom. The maximum atomic E-state index is 3.86. The molecule has 12 rings (SSSR count). The molecule has 0 amide bonds. The smallest absolute Gasteiger partial charge is 0.0676 e. The van der Waals surface area contributed by atoms with E-state index in [-0.39, 0.29) is 5.41 Å². The molecule has 0 radical (unpaired) electrons. The summed E-state index contributed by atoms with van der Waals surface area (Å²) < 4.78 is 0. The molecule has 2 aliphatic rings. The molecule has 0 unspecified atom stereocenters. The van der Waals surface area contributed by atoms with Crippen LogP contribution in [0.15, 0.2) is 279 Å². The van der Waals surface area contributed by atoms with Gasteiger partial charge in [0.05, 0.1) is 5.41 Å². The minimum atomic E-state index is -0.177. The maximum Gasteiger partial charge on any atom is 0.0676 e. The fraction of sp³-hybridized carbons (Fsp3) is 0.205. The quantitative estimate of drug-likeness (QED) is 0.156. The molecule has 0 aliphatic heterocycles. The van der Waals surface area contributed by atoms with Crippen LogP contribution in [0, 0.1) is 48.5 Å². The van der Waals surface area contributed by atoms with Gasteiger partial charge in [0.15, 0.2) is 0 Å². The fourth-order valence-corrected chi connectivity index (χ4v) is 10.6. The molecular formula is C83H92. The minimum absolute atomic E-state index is 0.177. The van der Waals surface area contributed by atoms with E-state index >= 15 is 0 Å². The number of benzene rings is 10. The zero-order valence-electron chi connectivity index (χ0n) is 52.5. The highest BCUT2D eigenvalue weighted by Gasteiger charge is 2.47. The molecule has 0 nitrogen and oxygen atoms in total. The third-order valence-electron chi connectivity index (χ3n) is 14.6. The number of fused-ring (bicyclic) bond motifs is 2. The Balaban J connectivity index is 0.000000206. The molecule has 0 aromatic heterocycles. The van der Waals surface area contributed by atoms with Gasteiger partial charge in [-0.05, 0) is 163 Å². The summed E-state index contributed by atoms with van der Waals surface area (Å²) in [7, 11) is 0. The number of hydrogen-bond acceptors (Lipinski definition) is 0. The van der Waals surface area contributed by atoms with Crippen LogP contribution in [0.3, 0.4) is 0 Å². The lowest BCUT2D eigenvalue weighted by Gasteiger charge is -2.36. The summed E-state index contributed by atoms with van der Waals surface area (Å²) in [6, 6.07) is 90.8. The number of rotatable bonds is 6. The molecule has 2 aliphatic carbocycles. The van der Waals surface area contributed by atoms with Crippen LogP contribution in [-0.4, -0.2) is 0 Å². The van der Waals surface area contributed by atoms with Crippen molar-refractivity contribution >= 4 is 11.1 Å². The van der Waals surface area contributed by atoms with Crippen molar-refractivity contribution < 1.29 is 0 Å². The van der Waals surface area contributed by atoms with Crippen LogP contribution in [0.25, 0.3) is 44.5 Å². The average Bonchev–Trinajstić information content (AvgIpc) is 1.78. The first kappa shape index (κ1) is 65.2. The van der Waals surface area contributed by atoms with Gasteiger partial charge in [-0.2, -0.15) is 0 Å². The molecule has 0 fully saturated rings. The van der Waals surface area contributed by atoms with Crippen molar-refractivity contribution in [2.75, 3.05) is 0 Å². The second-order valence-corrected chi connectivity index (χ2v) is 20.6. The van der Waals surface area contributed by atoms with Crippen LogP contribution in [0.4, 0.5) is 0 Å². The molecular weight excluding hydrogens is 997 g/mol. The van der Waals surface area contributed by atoms with Gasteiger partial charge in [0, 0.05) is 0 Å². The molecule has 0 atom stereocenters. The summed E-state index contributed by atoms with van der Waals surface area (Å²) in [5.41, 5.74) is 27.7. The minimum Gasteiger partial charge on any atom is -0.0955 e. The number of hydrogen-bond donors (Lipinski definition) is 0. The Labute approximate surface area is 502 Å². The van der Waals surface area contributed by atoms with E-state index in [2.05, 4.69) is 286 Å². The highest BCUT2D eigenvalue weighted by molar-refractivity contribution is 5.91. The second kappa shape index (κ2) is 34.0. The third-order valence-corrected chi connectivity index (χ3v) is 14.6. The van der Waals surface area contributed by atoms with Crippen molar-refractivity contribution in [1.29, 1.82) is 0 Å². The van der Waals surface area contributed by atoms with E-state index in [1.165, 1.54) is 106 Å². The summed E-state index contributed by atoms with van der Waals surface area (Å²) in [5, 5.41) is 0. The van der Waals surface area contributed by atoms with Gasteiger partial charge in [-0.15, -0.1) is 0 Å². The summed E-state index contributed by atoms with van der Waals surface area (Å²) in [6.07, 6.45) is 6.91. The van der Waals surface area contributed by atoms with Crippen molar-refractivity contribution in [3.05, 3.63) is 346 Å². The third kappa shape index (κ3) is 17.5. The Kier molecular flexibility index (Phi) is 26.7. The van der Waals surface area contributed by atoms with E-state index in [0.29, 0.717) is 0 Å². The Morgan fingerprint density at radius 3 is 1.25 bits per heavy atom. The van der Waals surface area contributed by atoms with Gasteiger partial charge in [-0.25, -0.2) is 0 Å². The van der Waals surface area contributed by atoms with Crippen molar-refractivity contribution in [3.8, 4) is 33.4 Å². The second-order valence-electron chi connectivity index (χ2n) is 20.6. The monoisotopic (exact) mass is 1090 g/mol. The molecule has 0 saturated carbocycles. The van der Waals surface area contributed by atoms with E-state index in [9.17, 15) is 0 Å². The van der Waals surface area contributed by atoms with Gasteiger partial charge in [0.2, 0.25) is 0 Å².